The van der Waals surface area contributed by atoms with Crippen molar-refractivity contribution in [2.24, 2.45) is 4.99 Å². The molecule has 0 amide bonds. The molecule has 6 nitrogen and oxygen atoms in total. The highest BCUT2D eigenvalue weighted by atomic mass is 127. The molecule has 0 aliphatic carbocycles. The van der Waals surface area contributed by atoms with E-state index in [0.717, 1.165) is 18.0 Å². The third kappa shape index (κ3) is 8.28. The van der Waals surface area contributed by atoms with E-state index in [0.29, 0.717) is 19.0 Å². The predicted octanol–water partition coefficient (Wildman–Crippen LogP) is 1.63. The molecule has 3 N–H and O–H groups in total. The summed E-state index contributed by atoms with van der Waals surface area (Å²) in [4.78, 5) is 4.42. The maximum absolute atomic E-state index is 8.82. The number of halogens is 1. The van der Waals surface area contributed by atoms with E-state index in [4.69, 9.17) is 14.6 Å². The third-order valence-electron chi connectivity index (χ3n) is 2.63. The molecule has 1 aromatic rings. The number of nitrogens with one attached hydrogen (secondary N) is 2. The fourth-order valence-corrected chi connectivity index (χ4v) is 1.68. The first-order valence-corrected chi connectivity index (χ1v) is 7.13. The van der Waals surface area contributed by atoms with Gasteiger partial charge in [-0.15, -0.1) is 24.0 Å². The zero-order chi connectivity index (χ0) is 15.5. The van der Waals surface area contributed by atoms with Crippen molar-refractivity contribution < 1.29 is 14.6 Å². The van der Waals surface area contributed by atoms with Crippen LogP contribution in [0.15, 0.2) is 29.3 Å². The van der Waals surface area contributed by atoms with E-state index in [1.807, 2.05) is 38.1 Å². The topological polar surface area (TPSA) is 75.1 Å². The van der Waals surface area contributed by atoms with Gasteiger partial charge in [0.25, 0.3) is 0 Å². The van der Waals surface area contributed by atoms with Crippen molar-refractivity contribution >= 4 is 29.9 Å². The number of rotatable bonds is 8. The van der Waals surface area contributed by atoms with Crippen molar-refractivity contribution in [2.75, 3.05) is 33.4 Å². The Labute approximate surface area is 149 Å². The number of guanidine groups is 1. The van der Waals surface area contributed by atoms with Crippen LogP contribution in [0.5, 0.6) is 11.5 Å². The first-order valence-electron chi connectivity index (χ1n) is 7.13. The van der Waals surface area contributed by atoms with Crippen molar-refractivity contribution in [3.8, 4) is 11.5 Å². The van der Waals surface area contributed by atoms with E-state index in [1.54, 1.807) is 7.11 Å². The second-order valence-corrected chi connectivity index (χ2v) is 4.48. The minimum Gasteiger partial charge on any atom is -0.497 e. The molecule has 0 bridgehead atoms. The number of ether oxygens (including phenoxy) is 2. The van der Waals surface area contributed by atoms with Crippen molar-refractivity contribution in [3.05, 3.63) is 24.3 Å². The Morgan fingerprint density at radius 2 is 2.05 bits per heavy atom. The molecule has 0 aromatic heterocycles. The fourth-order valence-electron chi connectivity index (χ4n) is 1.68. The Hall–Kier alpha value is -1.22. The highest BCUT2D eigenvalue weighted by Gasteiger charge is 2.05. The van der Waals surface area contributed by atoms with E-state index >= 15 is 0 Å². The largest absolute Gasteiger partial charge is 0.497 e. The van der Waals surface area contributed by atoms with Crippen LogP contribution in [0.1, 0.15) is 13.8 Å². The van der Waals surface area contributed by atoms with Crippen molar-refractivity contribution in [1.82, 2.24) is 10.6 Å². The van der Waals surface area contributed by atoms with E-state index < -0.39 is 0 Å². The van der Waals surface area contributed by atoms with Crippen molar-refractivity contribution in [2.45, 2.75) is 20.0 Å². The minimum atomic E-state index is -0.0679. The maximum Gasteiger partial charge on any atom is 0.191 e. The predicted molar refractivity (Wildman–Crippen MR) is 99.6 cm³/mol. The molecule has 0 saturated carbocycles. The lowest BCUT2D eigenvalue weighted by molar-refractivity contribution is 0.229. The molecule has 1 aromatic carbocycles. The molecular weight excluding hydrogens is 397 g/mol. The number of aliphatic hydroxyl groups excluding tert-OH is 1. The van der Waals surface area contributed by atoms with Gasteiger partial charge in [0.15, 0.2) is 5.96 Å². The molecule has 1 atom stereocenters. The molecule has 126 valence electrons. The van der Waals surface area contributed by atoms with Gasteiger partial charge in [-0.25, -0.2) is 4.99 Å². The maximum atomic E-state index is 8.82. The van der Waals surface area contributed by atoms with Crippen LogP contribution in [-0.4, -0.2) is 50.5 Å². The SMILES string of the molecule is CCNC(=NCC(C)Oc1cccc(OC)c1)NCCO.I. The quantitative estimate of drug-likeness (QED) is 0.337. The fraction of sp³-hybridized carbons (Fsp3) is 0.533. The molecule has 0 saturated heterocycles. The summed E-state index contributed by atoms with van der Waals surface area (Å²) in [7, 11) is 1.63. The minimum absolute atomic E-state index is 0. The van der Waals surface area contributed by atoms with Crippen LogP contribution < -0.4 is 20.1 Å². The molecular formula is C15H26IN3O3. The molecule has 0 fully saturated rings. The van der Waals surface area contributed by atoms with Gasteiger partial charge in [-0.1, -0.05) is 6.07 Å². The third-order valence-corrected chi connectivity index (χ3v) is 2.63. The van der Waals surface area contributed by atoms with Crippen LogP contribution in [-0.2, 0) is 0 Å². The summed E-state index contributed by atoms with van der Waals surface area (Å²) in [5.41, 5.74) is 0. The van der Waals surface area contributed by atoms with Crippen LogP contribution in [0.3, 0.4) is 0 Å². The Kier molecular flexibility index (Phi) is 11.7. The van der Waals surface area contributed by atoms with Gasteiger partial charge >= 0.3 is 0 Å². The lowest BCUT2D eigenvalue weighted by Crippen LogP contribution is -2.39. The molecule has 0 radical (unpaired) electrons. The van der Waals surface area contributed by atoms with Gasteiger partial charge in [0.1, 0.15) is 17.6 Å². The van der Waals surface area contributed by atoms with Gasteiger partial charge < -0.3 is 25.2 Å². The zero-order valence-corrected chi connectivity index (χ0v) is 15.7. The number of benzene rings is 1. The monoisotopic (exact) mass is 423 g/mol. The summed E-state index contributed by atoms with van der Waals surface area (Å²) in [5, 5.41) is 15.0. The molecule has 1 rings (SSSR count). The van der Waals surface area contributed by atoms with E-state index in [-0.39, 0.29) is 36.7 Å². The first-order chi connectivity index (χ1) is 10.2. The van der Waals surface area contributed by atoms with Crippen molar-refractivity contribution in [1.29, 1.82) is 0 Å². The highest BCUT2D eigenvalue weighted by molar-refractivity contribution is 14.0. The van der Waals surface area contributed by atoms with E-state index in [9.17, 15) is 0 Å². The number of hydrogen-bond donors (Lipinski definition) is 3. The van der Waals surface area contributed by atoms with Gasteiger partial charge in [0, 0.05) is 19.2 Å². The number of aliphatic hydroxyl groups is 1. The lowest BCUT2D eigenvalue weighted by atomic mass is 10.3. The first kappa shape index (κ1) is 20.8. The second kappa shape index (κ2) is 12.3. The van der Waals surface area contributed by atoms with Gasteiger partial charge in [0.05, 0.1) is 20.3 Å². The second-order valence-electron chi connectivity index (χ2n) is 4.48. The number of aliphatic imine (C=N–C) groups is 1. The summed E-state index contributed by atoms with van der Waals surface area (Å²) in [6.07, 6.45) is -0.0679. The summed E-state index contributed by atoms with van der Waals surface area (Å²) in [6.45, 7) is 5.77. The lowest BCUT2D eigenvalue weighted by Gasteiger charge is -2.15. The molecule has 1 unspecified atom stereocenters. The average molecular weight is 423 g/mol. The van der Waals surface area contributed by atoms with Gasteiger partial charge in [-0.05, 0) is 26.0 Å². The Balaban J connectivity index is 0.00000441. The summed E-state index contributed by atoms with van der Waals surface area (Å²) < 4.78 is 11.0. The van der Waals surface area contributed by atoms with Crippen molar-refractivity contribution in [3.63, 3.8) is 0 Å². The molecule has 7 heteroatoms. The van der Waals surface area contributed by atoms with Crippen LogP contribution in [0.25, 0.3) is 0 Å². The Morgan fingerprint density at radius 3 is 2.68 bits per heavy atom. The van der Waals surface area contributed by atoms with Gasteiger partial charge in [-0.2, -0.15) is 0 Å². The Bertz CT molecular complexity index is 444. The highest BCUT2D eigenvalue weighted by Crippen LogP contribution is 2.19. The zero-order valence-electron chi connectivity index (χ0n) is 13.3. The summed E-state index contributed by atoms with van der Waals surface area (Å²) >= 11 is 0. The number of nitrogens with zero attached hydrogens (tertiary/aromatic N) is 1. The van der Waals surface area contributed by atoms with Gasteiger partial charge in [0.2, 0.25) is 0 Å². The van der Waals surface area contributed by atoms with E-state index in [1.165, 1.54) is 0 Å². The molecule has 0 spiro atoms. The van der Waals surface area contributed by atoms with Crippen LogP contribution in [0.2, 0.25) is 0 Å². The molecule has 22 heavy (non-hydrogen) atoms. The van der Waals surface area contributed by atoms with E-state index in [2.05, 4.69) is 15.6 Å². The smallest absolute Gasteiger partial charge is 0.191 e. The summed E-state index contributed by atoms with van der Waals surface area (Å²) in [6, 6.07) is 7.49. The number of hydrogen-bond acceptors (Lipinski definition) is 4. The normalized spacial score (nSPS) is 12.1. The molecule has 0 aliphatic heterocycles. The van der Waals surface area contributed by atoms with Crippen LogP contribution >= 0.6 is 24.0 Å². The molecule has 0 aliphatic rings. The average Bonchev–Trinajstić information content (AvgIpc) is 2.50. The standard InChI is InChI=1S/C15H25N3O3.HI/c1-4-16-15(17-8-9-19)18-11-12(2)21-14-7-5-6-13(10-14)20-3;/h5-7,10,12,19H,4,8-9,11H2,1-3H3,(H2,16,17,18);1H. The van der Waals surface area contributed by atoms with Gasteiger partial charge in [-0.3, -0.25) is 0 Å². The number of methoxy groups -OCH3 is 1. The summed E-state index contributed by atoms with van der Waals surface area (Å²) in [5.74, 6) is 2.19. The van der Waals surface area contributed by atoms with Crippen LogP contribution in [0.4, 0.5) is 0 Å². The molecule has 0 heterocycles. The Morgan fingerprint density at radius 1 is 1.32 bits per heavy atom. The van der Waals surface area contributed by atoms with Crippen LogP contribution in [0, 0.1) is 0 Å².